The number of rotatable bonds is 2. The van der Waals surface area contributed by atoms with Gasteiger partial charge in [-0.3, -0.25) is 0 Å². The second-order valence-electron chi connectivity index (χ2n) is 4.60. The lowest BCUT2D eigenvalue weighted by molar-refractivity contribution is 0.961. The van der Waals surface area contributed by atoms with Crippen LogP contribution >= 0.6 is 0 Å². The molecule has 0 spiro atoms. The quantitative estimate of drug-likeness (QED) is 0.744. The molecule has 0 radical (unpaired) electrons. The maximum absolute atomic E-state index is 5.76. The lowest BCUT2D eigenvalue weighted by Crippen LogP contribution is -1.97. The molecule has 18 heavy (non-hydrogen) atoms. The van der Waals surface area contributed by atoms with E-state index in [1.807, 2.05) is 24.5 Å². The van der Waals surface area contributed by atoms with Gasteiger partial charge in [0.1, 0.15) is 5.82 Å². The van der Waals surface area contributed by atoms with Gasteiger partial charge in [0, 0.05) is 18.3 Å². The van der Waals surface area contributed by atoms with Crippen molar-refractivity contribution in [3.63, 3.8) is 0 Å². The Labute approximate surface area is 106 Å². The second kappa shape index (κ2) is 4.18. The van der Waals surface area contributed by atoms with E-state index in [1.54, 1.807) is 0 Å². The fraction of sp³-hybridized carbons (Fsp3) is 0.133. The van der Waals surface area contributed by atoms with Crippen LogP contribution in [0.3, 0.4) is 0 Å². The molecule has 3 nitrogen and oxygen atoms in total. The number of nitrogens with two attached hydrogens (primary N) is 1. The highest BCUT2D eigenvalue weighted by Gasteiger charge is 2.04. The zero-order valence-corrected chi connectivity index (χ0v) is 10.3. The van der Waals surface area contributed by atoms with Gasteiger partial charge in [0.15, 0.2) is 0 Å². The van der Waals surface area contributed by atoms with E-state index in [9.17, 15) is 0 Å². The fourth-order valence-electron chi connectivity index (χ4n) is 2.21. The molecule has 90 valence electrons. The first-order valence-corrected chi connectivity index (χ1v) is 5.99. The third-order valence-electron chi connectivity index (χ3n) is 3.08. The van der Waals surface area contributed by atoms with Crippen LogP contribution in [0.25, 0.3) is 5.52 Å². The minimum Gasteiger partial charge on any atom is -0.399 e. The van der Waals surface area contributed by atoms with Gasteiger partial charge in [-0.2, -0.15) is 0 Å². The molecule has 2 N–H and O–H groups in total. The minimum absolute atomic E-state index is 0.768. The predicted octanol–water partition coefficient (Wildman–Crippen LogP) is 2.82. The van der Waals surface area contributed by atoms with Crippen LogP contribution in [0.4, 0.5) is 5.69 Å². The van der Waals surface area contributed by atoms with Crippen molar-refractivity contribution in [2.24, 2.45) is 0 Å². The topological polar surface area (TPSA) is 43.3 Å². The Morgan fingerprint density at radius 1 is 1.22 bits per heavy atom. The highest BCUT2D eigenvalue weighted by Crippen LogP contribution is 2.14. The van der Waals surface area contributed by atoms with Crippen molar-refractivity contribution in [3.8, 4) is 0 Å². The predicted molar refractivity (Wildman–Crippen MR) is 73.6 cm³/mol. The highest BCUT2D eigenvalue weighted by molar-refractivity contribution is 5.56. The fourth-order valence-corrected chi connectivity index (χ4v) is 2.21. The molecule has 2 aromatic heterocycles. The molecule has 0 saturated carbocycles. The summed E-state index contributed by atoms with van der Waals surface area (Å²) in [5, 5.41) is 0. The molecule has 3 rings (SSSR count). The van der Waals surface area contributed by atoms with Crippen LogP contribution < -0.4 is 5.73 Å². The first-order chi connectivity index (χ1) is 8.72. The number of hydrogen-bond donors (Lipinski definition) is 1. The van der Waals surface area contributed by atoms with Crippen LogP contribution in [0.5, 0.6) is 0 Å². The molecule has 0 unspecified atom stereocenters. The molecule has 0 saturated heterocycles. The van der Waals surface area contributed by atoms with E-state index in [-0.39, 0.29) is 0 Å². The standard InChI is InChI=1S/C15H15N3/c1-11-3-2-4-12(7-11)8-15-17-10-14-9-13(16)5-6-18(14)15/h2-7,9-10H,8,16H2,1H3. The lowest BCUT2D eigenvalue weighted by atomic mass is 10.1. The van der Waals surface area contributed by atoms with Crippen molar-refractivity contribution in [2.75, 3.05) is 5.73 Å². The Bertz CT molecular complexity index is 698. The number of imidazole rings is 1. The van der Waals surface area contributed by atoms with E-state index in [4.69, 9.17) is 5.73 Å². The Balaban J connectivity index is 2.00. The lowest BCUT2D eigenvalue weighted by Gasteiger charge is -2.03. The molecule has 0 bridgehead atoms. The molecule has 2 heterocycles. The smallest absolute Gasteiger partial charge is 0.117 e. The van der Waals surface area contributed by atoms with E-state index in [1.165, 1.54) is 11.1 Å². The largest absolute Gasteiger partial charge is 0.399 e. The second-order valence-corrected chi connectivity index (χ2v) is 4.60. The van der Waals surface area contributed by atoms with E-state index in [0.29, 0.717) is 0 Å². The zero-order valence-electron chi connectivity index (χ0n) is 10.3. The van der Waals surface area contributed by atoms with Crippen molar-refractivity contribution in [3.05, 3.63) is 65.7 Å². The van der Waals surface area contributed by atoms with Gasteiger partial charge < -0.3 is 10.1 Å². The molecule has 0 amide bonds. The molecule has 3 heteroatoms. The normalized spacial score (nSPS) is 10.9. The first kappa shape index (κ1) is 10.8. The molecule has 0 aliphatic rings. The van der Waals surface area contributed by atoms with Crippen LogP contribution in [0.15, 0.2) is 48.8 Å². The van der Waals surface area contributed by atoms with E-state index < -0.39 is 0 Å². The summed E-state index contributed by atoms with van der Waals surface area (Å²) in [4.78, 5) is 4.47. The van der Waals surface area contributed by atoms with Gasteiger partial charge in [-0.1, -0.05) is 29.8 Å². The van der Waals surface area contributed by atoms with Gasteiger partial charge in [-0.05, 0) is 24.6 Å². The Kier molecular flexibility index (Phi) is 2.52. The maximum Gasteiger partial charge on any atom is 0.117 e. The summed E-state index contributed by atoms with van der Waals surface area (Å²) in [5.74, 6) is 1.04. The van der Waals surface area contributed by atoms with Crippen molar-refractivity contribution in [1.29, 1.82) is 0 Å². The van der Waals surface area contributed by atoms with Crippen LogP contribution in [-0.2, 0) is 6.42 Å². The van der Waals surface area contributed by atoms with Crippen molar-refractivity contribution < 1.29 is 0 Å². The van der Waals surface area contributed by atoms with Gasteiger partial charge in [-0.15, -0.1) is 0 Å². The first-order valence-electron chi connectivity index (χ1n) is 5.99. The zero-order chi connectivity index (χ0) is 12.5. The monoisotopic (exact) mass is 237 g/mol. The SMILES string of the molecule is Cc1cccc(Cc2ncc3cc(N)ccn23)c1. The van der Waals surface area contributed by atoms with Gasteiger partial charge in [0.2, 0.25) is 0 Å². The van der Waals surface area contributed by atoms with Gasteiger partial charge in [0.25, 0.3) is 0 Å². The van der Waals surface area contributed by atoms with Gasteiger partial charge >= 0.3 is 0 Å². The molecule has 3 aromatic rings. The Hall–Kier alpha value is -2.29. The molecule has 0 atom stereocenters. The summed E-state index contributed by atoms with van der Waals surface area (Å²) in [6.07, 6.45) is 4.67. The molecule has 0 aliphatic carbocycles. The maximum atomic E-state index is 5.76. The van der Waals surface area contributed by atoms with Crippen LogP contribution in [0, 0.1) is 6.92 Å². The number of hydrogen-bond acceptors (Lipinski definition) is 2. The third-order valence-corrected chi connectivity index (χ3v) is 3.08. The minimum atomic E-state index is 0.768. The molecular weight excluding hydrogens is 222 g/mol. The average molecular weight is 237 g/mol. The molecule has 0 fully saturated rings. The van der Waals surface area contributed by atoms with Crippen molar-refractivity contribution in [1.82, 2.24) is 9.38 Å². The number of pyridine rings is 1. The summed E-state index contributed by atoms with van der Waals surface area (Å²) in [5.41, 5.74) is 10.1. The number of anilines is 1. The summed E-state index contributed by atoms with van der Waals surface area (Å²) < 4.78 is 2.08. The van der Waals surface area contributed by atoms with E-state index >= 15 is 0 Å². The highest BCUT2D eigenvalue weighted by atomic mass is 15.0. The van der Waals surface area contributed by atoms with Gasteiger partial charge in [-0.25, -0.2) is 4.98 Å². The van der Waals surface area contributed by atoms with Crippen molar-refractivity contribution >= 4 is 11.2 Å². The number of fused-ring (bicyclic) bond motifs is 1. The Morgan fingerprint density at radius 3 is 2.94 bits per heavy atom. The number of aromatic nitrogens is 2. The number of nitrogens with zero attached hydrogens (tertiary/aromatic N) is 2. The van der Waals surface area contributed by atoms with Crippen LogP contribution in [0.2, 0.25) is 0 Å². The van der Waals surface area contributed by atoms with Crippen LogP contribution in [0.1, 0.15) is 17.0 Å². The summed E-state index contributed by atoms with van der Waals surface area (Å²) in [7, 11) is 0. The average Bonchev–Trinajstić information content (AvgIpc) is 2.72. The molecule has 0 aliphatic heterocycles. The molecule has 1 aromatic carbocycles. The summed E-state index contributed by atoms with van der Waals surface area (Å²) in [6, 6.07) is 12.3. The summed E-state index contributed by atoms with van der Waals surface area (Å²) in [6.45, 7) is 2.11. The molecular formula is C15H15N3. The van der Waals surface area contributed by atoms with Crippen LogP contribution in [-0.4, -0.2) is 9.38 Å². The number of aryl methyl sites for hydroxylation is 1. The van der Waals surface area contributed by atoms with E-state index in [0.717, 1.165) is 23.4 Å². The third kappa shape index (κ3) is 1.95. The number of nitrogen functional groups attached to an aromatic ring is 1. The van der Waals surface area contributed by atoms with Gasteiger partial charge in [0.05, 0.1) is 11.7 Å². The number of benzene rings is 1. The Morgan fingerprint density at radius 2 is 2.11 bits per heavy atom. The summed E-state index contributed by atoms with van der Waals surface area (Å²) >= 11 is 0. The van der Waals surface area contributed by atoms with Crippen molar-refractivity contribution in [2.45, 2.75) is 13.3 Å². The van der Waals surface area contributed by atoms with E-state index in [2.05, 4.69) is 40.6 Å².